The number of carbonyl (C=O) groups excluding carboxylic acids is 1. The lowest BCUT2D eigenvalue weighted by atomic mass is 9.85. The van der Waals surface area contributed by atoms with Gasteiger partial charge >= 0.3 is 0 Å². The number of hydrogen-bond donors (Lipinski definition) is 3. The van der Waals surface area contributed by atoms with Gasteiger partial charge in [-0.1, -0.05) is 27.7 Å². The maximum atomic E-state index is 11.1. The number of nitrogens with two attached hydrogens (primary N) is 2. The predicted octanol–water partition coefficient (Wildman–Crippen LogP) is 2.10. The summed E-state index contributed by atoms with van der Waals surface area (Å²) in [5.74, 6) is 1.62. The van der Waals surface area contributed by atoms with Crippen molar-refractivity contribution in [2.24, 2.45) is 23.5 Å². The van der Waals surface area contributed by atoms with Crippen molar-refractivity contribution in [2.45, 2.75) is 27.7 Å². The number of aromatic nitrogens is 1. The van der Waals surface area contributed by atoms with Gasteiger partial charge in [-0.15, -0.1) is 0 Å². The van der Waals surface area contributed by atoms with Gasteiger partial charge < -0.3 is 16.8 Å². The van der Waals surface area contributed by atoms with Crippen LogP contribution in [0.1, 0.15) is 38.2 Å². The van der Waals surface area contributed by atoms with Crippen LogP contribution in [0.25, 0.3) is 0 Å². The van der Waals surface area contributed by atoms with E-state index in [9.17, 15) is 4.79 Å². The maximum Gasteiger partial charge on any atom is 0.267 e. The summed E-state index contributed by atoms with van der Waals surface area (Å²) in [4.78, 5) is 15.3. The molecule has 0 aliphatic rings. The molecule has 1 aromatic heterocycles. The molecule has 0 unspecified atom stereocenters. The van der Waals surface area contributed by atoms with Gasteiger partial charge in [-0.3, -0.25) is 4.79 Å². The first kappa shape index (κ1) is 15.3. The highest BCUT2D eigenvalue weighted by Crippen LogP contribution is 2.22. The van der Waals surface area contributed by atoms with Gasteiger partial charge in [0.25, 0.3) is 5.91 Å². The van der Waals surface area contributed by atoms with Crippen molar-refractivity contribution in [1.82, 2.24) is 4.98 Å². The first-order valence-corrected chi connectivity index (χ1v) is 6.63. The Morgan fingerprint density at radius 1 is 1.26 bits per heavy atom. The van der Waals surface area contributed by atoms with Crippen molar-refractivity contribution >= 4 is 17.4 Å². The van der Waals surface area contributed by atoms with Crippen molar-refractivity contribution in [3.05, 3.63) is 17.8 Å². The first-order valence-electron chi connectivity index (χ1n) is 6.63. The second kappa shape index (κ2) is 6.41. The van der Waals surface area contributed by atoms with Gasteiger partial charge in [-0.2, -0.15) is 0 Å². The van der Waals surface area contributed by atoms with Crippen molar-refractivity contribution in [3.63, 3.8) is 0 Å². The molecule has 1 amide bonds. The number of rotatable bonds is 6. The number of pyridine rings is 1. The number of carbonyl (C=O) groups is 1. The van der Waals surface area contributed by atoms with Crippen LogP contribution in [-0.2, 0) is 0 Å². The number of hydrogen-bond acceptors (Lipinski definition) is 4. The molecule has 0 spiro atoms. The van der Waals surface area contributed by atoms with E-state index >= 15 is 0 Å². The number of primary amides is 1. The van der Waals surface area contributed by atoms with Gasteiger partial charge in [0, 0.05) is 6.54 Å². The molecule has 0 fully saturated rings. The maximum absolute atomic E-state index is 11.1. The average Bonchev–Trinajstić information content (AvgIpc) is 2.30. The fourth-order valence-corrected chi connectivity index (χ4v) is 2.20. The Morgan fingerprint density at radius 3 is 2.32 bits per heavy atom. The fourth-order valence-electron chi connectivity index (χ4n) is 2.20. The van der Waals surface area contributed by atoms with Gasteiger partial charge in [-0.25, -0.2) is 4.98 Å². The number of nitrogen functional groups attached to an aromatic ring is 1. The molecule has 0 radical (unpaired) electrons. The van der Waals surface area contributed by atoms with Crippen molar-refractivity contribution in [2.75, 3.05) is 17.6 Å². The summed E-state index contributed by atoms with van der Waals surface area (Å²) in [5.41, 5.74) is 11.8. The minimum Gasteiger partial charge on any atom is -0.396 e. The summed E-state index contributed by atoms with van der Waals surface area (Å²) in [6, 6.07) is 3.18. The van der Waals surface area contributed by atoms with Gasteiger partial charge in [0.1, 0.15) is 11.5 Å². The lowest BCUT2D eigenvalue weighted by Gasteiger charge is -2.25. The van der Waals surface area contributed by atoms with E-state index < -0.39 is 5.91 Å². The van der Waals surface area contributed by atoms with Crippen LogP contribution in [0, 0.1) is 17.8 Å². The summed E-state index contributed by atoms with van der Waals surface area (Å²) in [5, 5.41) is 3.23. The molecule has 19 heavy (non-hydrogen) atoms. The van der Waals surface area contributed by atoms with Gasteiger partial charge in [-0.05, 0) is 29.9 Å². The van der Waals surface area contributed by atoms with Gasteiger partial charge in [0.05, 0.1) is 5.69 Å². The van der Waals surface area contributed by atoms with Crippen LogP contribution in [0.15, 0.2) is 12.1 Å². The molecule has 0 bridgehead atoms. The number of nitrogens with zero attached hydrogens (tertiary/aromatic N) is 1. The SMILES string of the molecule is CC(C)C(CNc1nc(C(N)=O)ccc1N)C(C)C. The van der Waals surface area contributed by atoms with E-state index in [-0.39, 0.29) is 5.69 Å². The molecule has 1 rings (SSSR count). The van der Waals surface area contributed by atoms with E-state index in [2.05, 4.69) is 38.0 Å². The smallest absolute Gasteiger partial charge is 0.267 e. The highest BCUT2D eigenvalue weighted by molar-refractivity contribution is 5.91. The molecule has 0 aliphatic carbocycles. The Labute approximate surface area is 114 Å². The molecule has 0 aliphatic heterocycles. The molecule has 106 valence electrons. The fraction of sp³-hybridized carbons (Fsp3) is 0.571. The zero-order valence-corrected chi connectivity index (χ0v) is 12.1. The van der Waals surface area contributed by atoms with E-state index in [1.54, 1.807) is 6.07 Å². The van der Waals surface area contributed by atoms with Crippen LogP contribution < -0.4 is 16.8 Å². The topological polar surface area (TPSA) is 94.0 Å². The van der Waals surface area contributed by atoms with E-state index in [0.29, 0.717) is 29.3 Å². The largest absolute Gasteiger partial charge is 0.396 e. The number of anilines is 2. The number of amides is 1. The Balaban J connectivity index is 2.81. The lowest BCUT2D eigenvalue weighted by molar-refractivity contribution is 0.0995. The second-order valence-corrected chi connectivity index (χ2v) is 5.53. The molecule has 1 aromatic rings. The molecule has 0 aromatic carbocycles. The Hall–Kier alpha value is -1.78. The lowest BCUT2D eigenvalue weighted by Crippen LogP contribution is -2.25. The van der Waals surface area contributed by atoms with E-state index in [0.717, 1.165) is 6.54 Å². The Morgan fingerprint density at radius 2 is 1.84 bits per heavy atom. The average molecular weight is 264 g/mol. The summed E-state index contributed by atoms with van der Waals surface area (Å²) >= 11 is 0. The highest BCUT2D eigenvalue weighted by Gasteiger charge is 2.18. The molecule has 1 heterocycles. The van der Waals surface area contributed by atoms with Crippen LogP contribution in [0.2, 0.25) is 0 Å². The van der Waals surface area contributed by atoms with Gasteiger partial charge in [0.15, 0.2) is 0 Å². The summed E-state index contributed by atoms with van der Waals surface area (Å²) in [6.45, 7) is 9.56. The summed E-state index contributed by atoms with van der Waals surface area (Å²) in [6.07, 6.45) is 0. The van der Waals surface area contributed by atoms with E-state index in [1.807, 2.05) is 0 Å². The zero-order chi connectivity index (χ0) is 14.6. The second-order valence-electron chi connectivity index (χ2n) is 5.53. The van der Waals surface area contributed by atoms with Crippen molar-refractivity contribution in [1.29, 1.82) is 0 Å². The minimum atomic E-state index is -0.549. The predicted molar refractivity (Wildman–Crippen MR) is 78.8 cm³/mol. The molecule has 5 N–H and O–H groups in total. The van der Waals surface area contributed by atoms with E-state index in [4.69, 9.17) is 11.5 Å². The van der Waals surface area contributed by atoms with Crippen LogP contribution in [-0.4, -0.2) is 17.4 Å². The van der Waals surface area contributed by atoms with Crippen LogP contribution >= 0.6 is 0 Å². The van der Waals surface area contributed by atoms with E-state index in [1.165, 1.54) is 6.07 Å². The highest BCUT2D eigenvalue weighted by atomic mass is 16.1. The number of nitrogens with one attached hydrogen (secondary N) is 1. The quantitative estimate of drug-likeness (QED) is 0.733. The third-order valence-corrected chi connectivity index (χ3v) is 3.40. The Kier molecular flexibility index (Phi) is 5.15. The van der Waals surface area contributed by atoms with Crippen molar-refractivity contribution in [3.8, 4) is 0 Å². The first-order chi connectivity index (χ1) is 8.82. The summed E-state index contributed by atoms with van der Waals surface area (Å²) in [7, 11) is 0. The normalized spacial score (nSPS) is 11.3. The molecule has 0 saturated carbocycles. The monoisotopic (exact) mass is 264 g/mol. The Bertz CT molecular complexity index is 435. The summed E-state index contributed by atoms with van der Waals surface area (Å²) < 4.78 is 0. The zero-order valence-electron chi connectivity index (χ0n) is 12.1. The minimum absolute atomic E-state index is 0.224. The third kappa shape index (κ3) is 4.12. The standard InChI is InChI=1S/C14H24N4O/c1-8(2)10(9(3)4)7-17-14-11(15)5-6-12(18-14)13(16)19/h5-6,8-10H,7,15H2,1-4H3,(H2,16,19)(H,17,18). The van der Waals surface area contributed by atoms with Crippen LogP contribution in [0.3, 0.4) is 0 Å². The third-order valence-electron chi connectivity index (χ3n) is 3.40. The van der Waals surface area contributed by atoms with Crippen molar-refractivity contribution < 1.29 is 4.79 Å². The molecular weight excluding hydrogens is 240 g/mol. The van der Waals surface area contributed by atoms with Crippen LogP contribution in [0.4, 0.5) is 11.5 Å². The molecule has 0 saturated heterocycles. The molecule has 5 nitrogen and oxygen atoms in total. The van der Waals surface area contributed by atoms with Crippen LogP contribution in [0.5, 0.6) is 0 Å². The molecule has 5 heteroatoms. The van der Waals surface area contributed by atoms with Gasteiger partial charge in [0.2, 0.25) is 0 Å². The molecular formula is C14H24N4O. The molecule has 0 atom stereocenters.